The monoisotopic (exact) mass is 711 g/mol. The van der Waals surface area contributed by atoms with Crippen molar-refractivity contribution in [3.05, 3.63) is 35.9 Å². The van der Waals surface area contributed by atoms with Crippen LogP contribution in [0.1, 0.15) is 102 Å². The number of carbonyl (C=O) groups excluding carboxylic acids is 6. The highest BCUT2D eigenvalue weighted by Crippen LogP contribution is 2.60. The Morgan fingerprint density at radius 1 is 0.820 bits per heavy atom. The van der Waals surface area contributed by atoms with Gasteiger partial charge in [-0.25, -0.2) is 0 Å². The van der Waals surface area contributed by atoms with E-state index in [1.54, 1.807) is 44.2 Å². The van der Waals surface area contributed by atoms with Crippen molar-refractivity contribution < 1.29 is 28.8 Å². The minimum absolute atomic E-state index is 0.0269. The topological polar surface area (TPSA) is 163 Å². The van der Waals surface area contributed by atoms with Gasteiger partial charge in [0.05, 0.1) is 6.04 Å². The minimum Gasteiger partial charge on any atom is -0.356 e. The van der Waals surface area contributed by atoms with Crippen LogP contribution in [0.3, 0.4) is 0 Å². The lowest BCUT2D eigenvalue weighted by molar-refractivity contribution is -0.146. The summed E-state index contributed by atoms with van der Waals surface area (Å²) in [5.74, 6) is -0.277. The average molecular weight is 712 g/mol. The fourth-order valence-corrected chi connectivity index (χ4v) is 8.64. The molecule has 5 atom stereocenters. The van der Waals surface area contributed by atoms with Gasteiger partial charge in [0.15, 0.2) is 0 Å². The lowest BCUT2D eigenvalue weighted by atomic mass is 9.49. The summed E-state index contributed by atoms with van der Waals surface area (Å²) in [6, 6.07) is 4.90. The first-order valence-electron chi connectivity index (χ1n) is 18.5. The summed E-state index contributed by atoms with van der Waals surface area (Å²) in [7, 11) is 0. The predicted molar refractivity (Wildman–Crippen MR) is 195 cm³/mol. The molecule has 1 aromatic rings. The summed E-state index contributed by atoms with van der Waals surface area (Å²) in [6.45, 7) is 7.84. The number of hydrogen-bond donors (Lipinski definition) is 6. The van der Waals surface area contributed by atoms with Gasteiger partial charge in [0, 0.05) is 23.3 Å². The van der Waals surface area contributed by atoms with Gasteiger partial charge in [-0.2, -0.15) is 12.6 Å². The van der Waals surface area contributed by atoms with Crippen LogP contribution < -0.4 is 26.6 Å². The number of nitrogens with one attached hydrogen (secondary N) is 5. The van der Waals surface area contributed by atoms with Crippen LogP contribution in [0.25, 0.3) is 0 Å². The smallest absolute Gasteiger partial charge is 0.251 e. The molecule has 0 saturated heterocycles. The van der Waals surface area contributed by atoms with Gasteiger partial charge in [-0.1, -0.05) is 52.3 Å². The van der Waals surface area contributed by atoms with Crippen molar-refractivity contribution in [2.24, 2.45) is 35.0 Å². The predicted octanol–water partition coefficient (Wildman–Crippen LogP) is 3.57. The van der Waals surface area contributed by atoms with Crippen molar-refractivity contribution in [3.63, 3.8) is 0 Å². The maximum absolute atomic E-state index is 13.8. The zero-order chi connectivity index (χ0) is 36.4. The van der Waals surface area contributed by atoms with E-state index in [0.29, 0.717) is 55.4 Å². The molecular weight excluding hydrogens is 655 g/mol. The molecule has 11 nitrogen and oxygen atoms in total. The Labute approximate surface area is 302 Å². The summed E-state index contributed by atoms with van der Waals surface area (Å²) in [5, 5.41) is 14.2. The average Bonchev–Trinajstić information content (AvgIpc) is 3.09. The first-order valence-corrected chi connectivity index (χ1v) is 19.1. The highest BCUT2D eigenvalue weighted by Gasteiger charge is 2.54. The minimum atomic E-state index is -1.05. The molecule has 0 heterocycles. The molecule has 5 N–H and O–H groups in total. The third kappa shape index (κ3) is 10.1. The zero-order valence-electron chi connectivity index (χ0n) is 30.0. The van der Waals surface area contributed by atoms with E-state index in [9.17, 15) is 28.8 Å². The van der Waals surface area contributed by atoms with E-state index in [0.717, 1.165) is 19.3 Å². The third-order valence-electron chi connectivity index (χ3n) is 11.2. The van der Waals surface area contributed by atoms with Crippen LogP contribution in [0, 0.1) is 35.0 Å². The fourth-order valence-electron chi connectivity index (χ4n) is 8.39. The van der Waals surface area contributed by atoms with E-state index >= 15 is 0 Å². The quantitative estimate of drug-likeness (QED) is 0.0731. The maximum atomic E-state index is 13.8. The molecule has 0 radical (unpaired) electrons. The summed E-state index contributed by atoms with van der Waals surface area (Å²) >= 11 is 4.27. The molecule has 0 aromatic heterocycles. The first kappa shape index (κ1) is 39.4. The van der Waals surface area contributed by atoms with Gasteiger partial charge in [0.25, 0.3) is 5.91 Å². The second kappa shape index (κ2) is 18.2. The van der Waals surface area contributed by atoms with Crippen LogP contribution in [0.5, 0.6) is 0 Å². The van der Waals surface area contributed by atoms with Gasteiger partial charge >= 0.3 is 0 Å². The van der Waals surface area contributed by atoms with Crippen LogP contribution in [0.15, 0.2) is 30.3 Å². The van der Waals surface area contributed by atoms with E-state index in [1.807, 2.05) is 13.8 Å². The lowest BCUT2D eigenvalue weighted by Crippen LogP contribution is -2.59. The molecule has 4 aliphatic carbocycles. The molecule has 50 heavy (non-hydrogen) atoms. The number of benzene rings is 1. The first-order chi connectivity index (χ1) is 23.9. The van der Waals surface area contributed by atoms with E-state index in [4.69, 9.17) is 0 Å². The van der Waals surface area contributed by atoms with Crippen LogP contribution in [-0.2, 0) is 24.0 Å². The van der Waals surface area contributed by atoms with E-state index in [1.165, 1.54) is 19.3 Å². The van der Waals surface area contributed by atoms with Gasteiger partial charge in [-0.05, 0) is 99.5 Å². The Morgan fingerprint density at radius 3 is 1.94 bits per heavy atom. The lowest BCUT2D eigenvalue weighted by Gasteiger charge is -2.55. The zero-order valence-corrected chi connectivity index (χ0v) is 30.9. The molecular formula is C38H57N5O6S. The van der Waals surface area contributed by atoms with Crippen LogP contribution in [0.2, 0.25) is 0 Å². The summed E-state index contributed by atoms with van der Waals surface area (Å²) < 4.78 is 0. The Balaban J connectivity index is 1.40. The van der Waals surface area contributed by atoms with E-state index in [-0.39, 0.29) is 35.3 Å². The number of rotatable bonds is 19. The second-order valence-electron chi connectivity index (χ2n) is 15.4. The molecule has 4 aliphatic rings. The number of amides is 5. The van der Waals surface area contributed by atoms with Crippen LogP contribution in [-0.4, -0.2) is 72.3 Å². The molecule has 1 aromatic carbocycles. The van der Waals surface area contributed by atoms with E-state index < -0.39 is 47.8 Å². The summed E-state index contributed by atoms with van der Waals surface area (Å²) in [5.41, 5.74) is 0.178. The molecule has 5 rings (SSSR count). The van der Waals surface area contributed by atoms with Gasteiger partial charge in [0.2, 0.25) is 23.6 Å². The van der Waals surface area contributed by atoms with Crippen molar-refractivity contribution in [1.29, 1.82) is 0 Å². The third-order valence-corrected chi connectivity index (χ3v) is 11.5. The second-order valence-corrected chi connectivity index (χ2v) is 15.7. The van der Waals surface area contributed by atoms with Crippen molar-refractivity contribution in [2.45, 2.75) is 116 Å². The highest BCUT2D eigenvalue weighted by molar-refractivity contribution is 7.80. The molecule has 0 aliphatic heterocycles. The molecule has 0 spiro atoms. The molecule has 0 unspecified atom stereocenters. The number of hydrogen-bond acceptors (Lipinski definition) is 7. The molecule has 5 amide bonds. The van der Waals surface area contributed by atoms with Gasteiger partial charge in [-0.15, -0.1) is 0 Å². The van der Waals surface area contributed by atoms with Crippen LogP contribution >= 0.6 is 12.6 Å². The van der Waals surface area contributed by atoms with Gasteiger partial charge < -0.3 is 31.4 Å². The van der Waals surface area contributed by atoms with Crippen molar-refractivity contribution in [2.75, 3.05) is 12.3 Å². The van der Waals surface area contributed by atoms with Crippen molar-refractivity contribution in [1.82, 2.24) is 26.6 Å². The Morgan fingerprint density at radius 2 is 1.40 bits per heavy atom. The van der Waals surface area contributed by atoms with Gasteiger partial charge in [-0.3, -0.25) is 24.0 Å². The SMILES string of the molecule is CC[C@H](C)[C@H](NC(=O)c1ccccc1)C(=O)N[C@@H](CCCCNC(=O)C12CC3CC(CC(C3)C1)C2)C(=O)N[C@@H](CS)C(=O)N[C@H](C=O)C(C)C. The largest absolute Gasteiger partial charge is 0.356 e. The Kier molecular flexibility index (Phi) is 14.3. The Hall–Kier alpha value is -3.41. The van der Waals surface area contributed by atoms with E-state index in [2.05, 4.69) is 39.2 Å². The summed E-state index contributed by atoms with van der Waals surface area (Å²) in [6.07, 6.45) is 9.38. The number of unbranched alkanes of at least 4 members (excludes halogenated alkanes) is 1. The van der Waals surface area contributed by atoms with Crippen molar-refractivity contribution >= 4 is 48.5 Å². The van der Waals surface area contributed by atoms with Crippen LogP contribution in [0.4, 0.5) is 0 Å². The molecule has 4 saturated carbocycles. The Bertz CT molecular complexity index is 1320. The molecule has 4 bridgehead atoms. The molecule has 276 valence electrons. The molecule has 12 heteroatoms. The maximum Gasteiger partial charge on any atom is 0.251 e. The fraction of sp³-hybridized carbons (Fsp3) is 0.684. The number of aldehydes is 1. The summed E-state index contributed by atoms with van der Waals surface area (Å²) in [4.78, 5) is 78.4. The standard InChI is InChI=1S/C38H57N5O6S/c1-5-24(4)32(43-33(45)28-11-7-6-8-12-28)36(48)40-29(34(46)42-31(22-50)35(47)41-30(21-44)23(2)3)13-9-10-14-39-37(49)38-18-25-15-26(19-38)17-27(16-25)20-38/h6-8,11-12,21,23-27,29-32,50H,5,9-10,13-20,22H2,1-4H3,(H,39,49)(H,40,48)(H,41,47)(H,42,46)(H,43,45)/t24-,25?,26?,27?,29-,30+,31-,32-,38?/m0/s1. The highest BCUT2D eigenvalue weighted by atomic mass is 32.1. The van der Waals surface area contributed by atoms with Gasteiger partial charge in [0.1, 0.15) is 24.4 Å². The van der Waals surface area contributed by atoms with Crippen molar-refractivity contribution in [3.8, 4) is 0 Å². The molecule has 4 fully saturated rings. The number of thiol groups is 1. The normalized spacial score (nSPS) is 25.0. The number of carbonyl (C=O) groups is 6.